The molecule has 0 aliphatic heterocycles. The fraction of sp³-hybridized carbons (Fsp3) is 0.353. The van der Waals surface area contributed by atoms with Crippen molar-refractivity contribution in [3.63, 3.8) is 0 Å². The molecule has 5 nitrogen and oxygen atoms in total. The quantitative estimate of drug-likeness (QED) is 0.846. The molecule has 22 heavy (non-hydrogen) atoms. The Hall–Kier alpha value is -2.43. The van der Waals surface area contributed by atoms with Crippen LogP contribution in [-0.2, 0) is 4.74 Å². The number of hydrogen-bond donors (Lipinski definition) is 0. The molecule has 0 fully saturated rings. The van der Waals surface area contributed by atoms with E-state index in [4.69, 9.17) is 4.74 Å². The van der Waals surface area contributed by atoms with Crippen LogP contribution in [0.1, 0.15) is 26.3 Å². The van der Waals surface area contributed by atoms with E-state index in [0.717, 1.165) is 11.1 Å². The third kappa shape index (κ3) is 3.08. The summed E-state index contributed by atoms with van der Waals surface area (Å²) in [5.74, 6) is 0. The van der Waals surface area contributed by atoms with Gasteiger partial charge in [-0.25, -0.2) is 14.8 Å². The molecule has 1 heterocycles. The van der Waals surface area contributed by atoms with Gasteiger partial charge in [0, 0.05) is 11.1 Å². The third-order valence-corrected chi connectivity index (χ3v) is 3.36. The normalized spacial score (nSPS) is 11.1. The largest absolute Gasteiger partial charge is 0.452 e. The van der Waals surface area contributed by atoms with E-state index in [1.807, 2.05) is 52.0 Å². The van der Waals surface area contributed by atoms with Crippen molar-refractivity contribution in [2.45, 2.75) is 33.2 Å². The highest BCUT2D eigenvalue weighted by Crippen LogP contribution is 2.34. The Morgan fingerprint density at radius 2 is 1.91 bits per heavy atom. The van der Waals surface area contributed by atoms with E-state index in [9.17, 15) is 4.79 Å². The smallest absolute Gasteiger partial charge is 0.414 e. The van der Waals surface area contributed by atoms with Gasteiger partial charge in [-0.15, -0.1) is 0 Å². The predicted molar refractivity (Wildman–Crippen MR) is 86.8 cm³/mol. The van der Waals surface area contributed by atoms with Gasteiger partial charge in [-0.05, 0) is 33.3 Å². The summed E-state index contributed by atoms with van der Waals surface area (Å²) in [6.45, 7) is 7.84. The number of anilines is 1. The van der Waals surface area contributed by atoms with Gasteiger partial charge in [-0.2, -0.15) is 0 Å². The summed E-state index contributed by atoms with van der Waals surface area (Å²) >= 11 is 0. The molecular formula is C17H21N3O2. The number of ether oxygens (including phenoxy) is 1. The van der Waals surface area contributed by atoms with Crippen molar-refractivity contribution in [3.05, 3.63) is 42.4 Å². The third-order valence-electron chi connectivity index (χ3n) is 3.36. The molecule has 0 spiro atoms. The lowest BCUT2D eigenvalue weighted by atomic mass is 10.0. The van der Waals surface area contributed by atoms with Gasteiger partial charge in [0.05, 0.1) is 24.7 Å². The molecule has 0 saturated heterocycles. The summed E-state index contributed by atoms with van der Waals surface area (Å²) in [7, 11) is 1.37. The van der Waals surface area contributed by atoms with Crippen molar-refractivity contribution in [2.24, 2.45) is 0 Å². The lowest BCUT2D eigenvalue weighted by Gasteiger charge is -2.34. The zero-order chi connectivity index (χ0) is 16.3. The van der Waals surface area contributed by atoms with Crippen LogP contribution in [0.3, 0.4) is 0 Å². The molecule has 1 aromatic carbocycles. The Morgan fingerprint density at radius 3 is 2.50 bits per heavy atom. The summed E-state index contributed by atoms with van der Waals surface area (Å²) in [6, 6.07) is 7.93. The predicted octanol–water partition coefficient (Wildman–Crippen LogP) is 3.82. The molecular weight excluding hydrogens is 278 g/mol. The second kappa shape index (κ2) is 6.13. The topological polar surface area (TPSA) is 55.3 Å². The second-order valence-corrected chi connectivity index (χ2v) is 6.05. The van der Waals surface area contributed by atoms with E-state index in [2.05, 4.69) is 9.97 Å². The zero-order valence-corrected chi connectivity index (χ0v) is 13.6. The minimum atomic E-state index is -0.463. The second-order valence-electron chi connectivity index (χ2n) is 6.05. The number of aromatic nitrogens is 2. The molecule has 0 aliphatic rings. The molecule has 0 atom stereocenters. The molecule has 0 radical (unpaired) electrons. The zero-order valence-electron chi connectivity index (χ0n) is 13.6. The molecule has 0 unspecified atom stereocenters. The number of benzene rings is 1. The van der Waals surface area contributed by atoms with Crippen LogP contribution >= 0.6 is 0 Å². The Labute approximate surface area is 131 Å². The van der Waals surface area contributed by atoms with Crippen LogP contribution in [0.2, 0.25) is 0 Å². The summed E-state index contributed by atoms with van der Waals surface area (Å²) < 4.78 is 4.95. The Morgan fingerprint density at radius 1 is 1.23 bits per heavy atom. The van der Waals surface area contributed by atoms with E-state index in [1.54, 1.807) is 11.1 Å². The summed E-state index contributed by atoms with van der Waals surface area (Å²) in [6.07, 6.45) is 2.71. The summed E-state index contributed by atoms with van der Waals surface area (Å²) in [5, 5.41) is 0. The number of carbonyl (C=O) groups is 1. The van der Waals surface area contributed by atoms with Crippen LogP contribution in [0, 0.1) is 6.92 Å². The lowest BCUT2D eigenvalue weighted by Crippen LogP contribution is -2.46. The van der Waals surface area contributed by atoms with Crippen molar-refractivity contribution in [1.29, 1.82) is 0 Å². The van der Waals surface area contributed by atoms with Gasteiger partial charge in [0.15, 0.2) is 0 Å². The molecule has 1 aromatic heterocycles. The first-order valence-electron chi connectivity index (χ1n) is 7.10. The first-order valence-corrected chi connectivity index (χ1v) is 7.10. The minimum Gasteiger partial charge on any atom is -0.452 e. The molecule has 116 valence electrons. The number of rotatable bonds is 2. The lowest BCUT2D eigenvalue weighted by molar-refractivity contribution is 0.172. The number of methoxy groups -OCH3 is 1. The van der Waals surface area contributed by atoms with Crippen LogP contribution in [0.5, 0.6) is 0 Å². The SMILES string of the molecule is COC(=O)N(c1cncnc1-c1ccccc1C)C(C)(C)C. The first-order chi connectivity index (χ1) is 10.4. The molecule has 5 heteroatoms. The summed E-state index contributed by atoms with van der Waals surface area (Å²) in [5.41, 5.74) is 2.94. The molecule has 0 bridgehead atoms. The number of nitrogens with zero attached hydrogens (tertiary/aromatic N) is 3. The van der Waals surface area contributed by atoms with Gasteiger partial charge in [0.1, 0.15) is 6.33 Å². The van der Waals surface area contributed by atoms with Gasteiger partial charge in [-0.1, -0.05) is 24.3 Å². The van der Waals surface area contributed by atoms with Crippen molar-refractivity contribution < 1.29 is 9.53 Å². The highest BCUT2D eigenvalue weighted by molar-refractivity contribution is 5.93. The van der Waals surface area contributed by atoms with Crippen molar-refractivity contribution in [2.75, 3.05) is 12.0 Å². The van der Waals surface area contributed by atoms with E-state index >= 15 is 0 Å². The minimum absolute atomic E-state index is 0.433. The van der Waals surface area contributed by atoms with Gasteiger partial charge in [-0.3, -0.25) is 4.90 Å². The Balaban J connectivity index is 2.66. The van der Waals surface area contributed by atoms with Crippen LogP contribution in [-0.4, -0.2) is 28.7 Å². The number of aryl methyl sites for hydroxylation is 1. The van der Waals surface area contributed by atoms with Gasteiger partial charge in [0.2, 0.25) is 0 Å². The summed E-state index contributed by atoms with van der Waals surface area (Å²) in [4.78, 5) is 22.3. The highest BCUT2D eigenvalue weighted by atomic mass is 16.5. The van der Waals surface area contributed by atoms with E-state index in [-0.39, 0.29) is 0 Å². The molecule has 0 saturated carbocycles. The van der Waals surface area contributed by atoms with Crippen LogP contribution < -0.4 is 4.90 Å². The average molecular weight is 299 g/mol. The van der Waals surface area contributed by atoms with Crippen molar-refractivity contribution in [1.82, 2.24) is 9.97 Å². The average Bonchev–Trinajstić information content (AvgIpc) is 2.47. The van der Waals surface area contributed by atoms with E-state index in [1.165, 1.54) is 13.4 Å². The van der Waals surface area contributed by atoms with Gasteiger partial charge in [0.25, 0.3) is 0 Å². The first kappa shape index (κ1) is 15.9. The highest BCUT2D eigenvalue weighted by Gasteiger charge is 2.31. The maximum Gasteiger partial charge on any atom is 0.414 e. The standard InChI is InChI=1S/C17H21N3O2/c1-12-8-6-7-9-13(12)15-14(10-18-11-19-15)20(16(21)22-5)17(2,3)4/h6-11H,1-5H3. The van der Waals surface area contributed by atoms with E-state index in [0.29, 0.717) is 11.4 Å². The maximum atomic E-state index is 12.3. The fourth-order valence-corrected chi connectivity index (χ4v) is 2.36. The van der Waals surface area contributed by atoms with Crippen molar-refractivity contribution >= 4 is 11.8 Å². The van der Waals surface area contributed by atoms with E-state index < -0.39 is 11.6 Å². The van der Waals surface area contributed by atoms with Crippen molar-refractivity contribution in [3.8, 4) is 11.3 Å². The monoisotopic (exact) mass is 299 g/mol. The number of carbonyl (C=O) groups excluding carboxylic acids is 1. The van der Waals surface area contributed by atoms with Crippen LogP contribution in [0.25, 0.3) is 11.3 Å². The number of hydrogen-bond acceptors (Lipinski definition) is 4. The van der Waals surface area contributed by atoms with Gasteiger partial charge >= 0.3 is 6.09 Å². The van der Waals surface area contributed by atoms with Crippen LogP contribution in [0.15, 0.2) is 36.8 Å². The van der Waals surface area contributed by atoms with Gasteiger partial charge < -0.3 is 4.74 Å². The molecule has 0 N–H and O–H groups in total. The number of amides is 1. The Kier molecular flexibility index (Phi) is 4.45. The Bertz CT molecular complexity index is 678. The molecule has 2 rings (SSSR count). The molecule has 1 amide bonds. The van der Waals surface area contributed by atoms with Crippen LogP contribution in [0.4, 0.5) is 10.5 Å². The maximum absolute atomic E-state index is 12.3. The fourth-order valence-electron chi connectivity index (χ4n) is 2.36. The molecule has 2 aromatic rings. The molecule has 0 aliphatic carbocycles.